The molecular weight excluding hydrogens is 234 g/mol. The van der Waals surface area contributed by atoms with E-state index in [1.165, 1.54) is 0 Å². The molecule has 0 atom stereocenters. The lowest BCUT2D eigenvalue weighted by atomic mass is 9.85. The van der Waals surface area contributed by atoms with Crippen LogP contribution in [0.3, 0.4) is 0 Å². The second-order valence-electron chi connectivity index (χ2n) is 5.28. The summed E-state index contributed by atoms with van der Waals surface area (Å²) in [5, 5.41) is 12.0. The molecule has 0 bridgehead atoms. The van der Waals surface area contributed by atoms with E-state index < -0.39 is 5.97 Å². The Hall–Kier alpha value is -1.10. The first-order valence-electron chi connectivity index (χ1n) is 6.77. The molecule has 5 heteroatoms. The molecule has 0 aromatic rings. The predicted molar refractivity (Wildman–Crippen MR) is 65.1 cm³/mol. The van der Waals surface area contributed by atoms with E-state index in [0.717, 1.165) is 25.7 Å². The van der Waals surface area contributed by atoms with Gasteiger partial charge in [0.25, 0.3) is 0 Å². The lowest BCUT2D eigenvalue weighted by Gasteiger charge is -2.29. The van der Waals surface area contributed by atoms with Gasteiger partial charge in [0.15, 0.2) is 0 Å². The number of nitrogens with one attached hydrogen (secondary N) is 1. The predicted octanol–water partition coefficient (Wildman–Crippen LogP) is 1.17. The first kappa shape index (κ1) is 13.3. The summed E-state index contributed by atoms with van der Waals surface area (Å²) >= 11 is 0. The summed E-state index contributed by atoms with van der Waals surface area (Å²) in [6.07, 6.45) is 4.52. The van der Waals surface area contributed by atoms with Crippen molar-refractivity contribution in [2.75, 3.05) is 13.2 Å². The molecule has 0 aromatic heterocycles. The van der Waals surface area contributed by atoms with E-state index in [2.05, 4.69) is 5.32 Å². The Morgan fingerprint density at radius 3 is 2.11 bits per heavy atom. The molecule has 0 unspecified atom stereocenters. The number of carboxylic acid groups (broad SMARTS) is 1. The number of aliphatic carboxylic acids is 1. The van der Waals surface area contributed by atoms with E-state index in [1.807, 2.05) is 0 Å². The fourth-order valence-corrected chi connectivity index (χ4v) is 2.76. The summed E-state index contributed by atoms with van der Waals surface area (Å²) in [6.45, 7) is 1.34. The third-order valence-corrected chi connectivity index (χ3v) is 4.01. The lowest BCUT2D eigenvalue weighted by Crippen LogP contribution is -2.42. The summed E-state index contributed by atoms with van der Waals surface area (Å²) < 4.78 is 5.24. The van der Waals surface area contributed by atoms with Crippen molar-refractivity contribution in [3.05, 3.63) is 0 Å². The fourth-order valence-electron chi connectivity index (χ4n) is 2.76. The van der Waals surface area contributed by atoms with Crippen molar-refractivity contribution in [2.45, 2.75) is 44.6 Å². The van der Waals surface area contributed by atoms with E-state index in [0.29, 0.717) is 26.1 Å². The zero-order valence-electron chi connectivity index (χ0n) is 10.6. The Bertz CT molecular complexity index is 304. The van der Waals surface area contributed by atoms with Gasteiger partial charge in [-0.3, -0.25) is 9.59 Å². The van der Waals surface area contributed by atoms with Gasteiger partial charge in [-0.05, 0) is 38.5 Å². The summed E-state index contributed by atoms with van der Waals surface area (Å²) in [5.74, 6) is -0.724. The second-order valence-corrected chi connectivity index (χ2v) is 5.28. The summed E-state index contributed by atoms with van der Waals surface area (Å²) in [5.41, 5.74) is 0. The SMILES string of the molecule is O=C(O)C1CCC(NC(=O)C2CCOCC2)CC1. The molecule has 1 aliphatic carbocycles. The number of carbonyl (C=O) groups is 2. The highest BCUT2D eigenvalue weighted by molar-refractivity contribution is 5.79. The Balaban J connectivity index is 1.73. The Morgan fingerprint density at radius 2 is 1.56 bits per heavy atom. The van der Waals surface area contributed by atoms with Crippen LogP contribution < -0.4 is 5.32 Å². The van der Waals surface area contributed by atoms with Crippen LogP contribution in [0.2, 0.25) is 0 Å². The molecule has 1 heterocycles. The fraction of sp³-hybridized carbons (Fsp3) is 0.846. The number of ether oxygens (including phenoxy) is 1. The third kappa shape index (κ3) is 3.45. The van der Waals surface area contributed by atoms with Gasteiger partial charge in [-0.2, -0.15) is 0 Å². The molecule has 1 saturated heterocycles. The molecule has 102 valence electrons. The van der Waals surface area contributed by atoms with Gasteiger partial charge < -0.3 is 15.2 Å². The molecule has 2 rings (SSSR count). The molecular formula is C13H21NO4. The molecule has 1 saturated carbocycles. The number of hydrogen-bond acceptors (Lipinski definition) is 3. The monoisotopic (exact) mass is 255 g/mol. The number of rotatable bonds is 3. The van der Waals surface area contributed by atoms with E-state index in [4.69, 9.17) is 9.84 Å². The zero-order chi connectivity index (χ0) is 13.0. The number of hydrogen-bond donors (Lipinski definition) is 2. The minimum Gasteiger partial charge on any atom is -0.481 e. The van der Waals surface area contributed by atoms with Gasteiger partial charge in [-0.25, -0.2) is 0 Å². The highest BCUT2D eigenvalue weighted by Crippen LogP contribution is 2.25. The second kappa shape index (κ2) is 6.18. The van der Waals surface area contributed by atoms with Crippen LogP contribution in [0.5, 0.6) is 0 Å². The summed E-state index contributed by atoms with van der Waals surface area (Å²) in [4.78, 5) is 22.8. The molecule has 1 aliphatic heterocycles. The van der Waals surface area contributed by atoms with Crippen LogP contribution in [-0.2, 0) is 14.3 Å². The van der Waals surface area contributed by atoms with Crippen LogP contribution in [0.4, 0.5) is 0 Å². The van der Waals surface area contributed by atoms with Crippen LogP contribution >= 0.6 is 0 Å². The van der Waals surface area contributed by atoms with Crippen molar-refractivity contribution in [3.63, 3.8) is 0 Å². The smallest absolute Gasteiger partial charge is 0.306 e. The van der Waals surface area contributed by atoms with Gasteiger partial charge in [0.05, 0.1) is 5.92 Å². The Kier molecular flexibility index (Phi) is 4.58. The molecule has 2 N–H and O–H groups in total. The van der Waals surface area contributed by atoms with Gasteiger partial charge in [0.2, 0.25) is 5.91 Å². The molecule has 0 radical (unpaired) electrons. The topological polar surface area (TPSA) is 75.6 Å². The Morgan fingerprint density at radius 1 is 0.944 bits per heavy atom. The quantitative estimate of drug-likeness (QED) is 0.794. The molecule has 0 spiro atoms. The highest BCUT2D eigenvalue weighted by atomic mass is 16.5. The van der Waals surface area contributed by atoms with Crippen molar-refractivity contribution < 1.29 is 19.4 Å². The van der Waals surface area contributed by atoms with E-state index in [9.17, 15) is 9.59 Å². The standard InChI is InChI=1S/C13H21NO4/c15-12(9-5-7-18-8-6-9)14-11-3-1-10(2-4-11)13(16)17/h9-11H,1-8H2,(H,14,15)(H,16,17). The summed E-state index contributed by atoms with van der Waals surface area (Å²) in [6, 6.07) is 0.163. The number of carbonyl (C=O) groups excluding carboxylic acids is 1. The summed E-state index contributed by atoms with van der Waals surface area (Å²) in [7, 11) is 0. The zero-order valence-corrected chi connectivity index (χ0v) is 10.6. The normalized spacial score (nSPS) is 29.8. The van der Waals surface area contributed by atoms with Gasteiger partial charge in [-0.15, -0.1) is 0 Å². The maximum Gasteiger partial charge on any atom is 0.306 e. The third-order valence-electron chi connectivity index (χ3n) is 4.01. The minimum atomic E-state index is -0.704. The van der Waals surface area contributed by atoms with Crippen molar-refractivity contribution >= 4 is 11.9 Å². The molecule has 1 amide bonds. The van der Waals surface area contributed by atoms with Crippen LogP contribution in [0.1, 0.15) is 38.5 Å². The van der Waals surface area contributed by atoms with Crippen molar-refractivity contribution in [3.8, 4) is 0 Å². The maximum absolute atomic E-state index is 12.0. The van der Waals surface area contributed by atoms with Crippen molar-refractivity contribution in [1.82, 2.24) is 5.32 Å². The average Bonchev–Trinajstić information content (AvgIpc) is 2.40. The first-order chi connectivity index (χ1) is 8.66. The molecule has 5 nitrogen and oxygen atoms in total. The minimum absolute atomic E-state index is 0.0796. The molecule has 2 aliphatic rings. The van der Waals surface area contributed by atoms with Crippen LogP contribution in [-0.4, -0.2) is 36.2 Å². The number of amides is 1. The van der Waals surface area contributed by atoms with Gasteiger partial charge >= 0.3 is 5.97 Å². The van der Waals surface area contributed by atoms with E-state index in [-0.39, 0.29) is 23.8 Å². The van der Waals surface area contributed by atoms with Crippen LogP contribution in [0.15, 0.2) is 0 Å². The van der Waals surface area contributed by atoms with Crippen LogP contribution in [0.25, 0.3) is 0 Å². The van der Waals surface area contributed by atoms with E-state index in [1.54, 1.807) is 0 Å². The van der Waals surface area contributed by atoms with Crippen molar-refractivity contribution in [1.29, 1.82) is 0 Å². The first-order valence-corrected chi connectivity index (χ1v) is 6.77. The van der Waals surface area contributed by atoms with Gasteiger partial charge in [-0.1, -0.05) is 0 Å². The van der Waals surface area contributed by atoms with Gasteiger partial charge in [0.1, 0.15) is 0 Å². The number of carboxylic acids is 1. The van der Waals surface area contributed by atoms with Crippen LogP contribution in [0, 0.1) is 11.8 Å². The largest absolute Gasteiger partial charge is 0.481 e. The lowest BCUT2D eigenvalue weighted by molar-refractivity contribution is -0.142. The molecule has 0 aromatic carbocycles. The maximum atomic E-state index is 12.0. The van der Waals surface area contributed by atoms with Crippen molar-refractivity contribution in [2.24, 2.45) is 11.8 Å². The van der Waals surface area contributed by atoms with Gasteiger partial charge in [0, 0.05) is 25.2 Å². The average molecular weight is 255 g/mol. The molecule has 18 heavy (non-hydrogen) atoms. The molecule has 2 fully saturated rings. The highest BCUT2D eigenvalue weighted by Gasteiger charge is 2.29. The Labute approximate surface area is 107 Å². The van der Waals surface area contributed by atoms with E-state index >= 15 is 0 Å².